The fourth-order valence-electron chi connectivity index (χ4n) is 2.37. The number of aromatic amines is 1. The first-order chi connectivity index (χ1) is 12.1. The van der Waals surface area contributed by atoms with Crippen LogP contribution in [0, 0.1) is 11.3 Å². The Morgan fingerprint density at radius 3 is 2.08 bits per heavy atom. The summed E-state index contributed by atoms with van der Waals surface area (Å²) in [5, 5.41) is 9.03. The smallest absolute Gasteiger partial charge is 0.431 e. The fraction of sp³-hybridized carbons (Fsp3) is 0.118. The molecule has 0 saturated heterocycles. The van der Waals surface area contributed by atoms with Crippen molar-refractivity contribution in [2.24, 2.45) is 0 Å². The minimum atomic E-state index is -4.66. The second-order valence-corrected chi connectivity index (χ2v) is 5.32. The van der Waals surface area contributed by atoms with Crippen LogP contribution in [0.1, 0.15) is 16.8 Å². The number of fused-ring (bicyclic) bond motifs is 1. The summed E-state index contributed by atoms with van der Waals surface area (Å²) in [5.41, 5.74) is -2.03. The van der Waals surface area contributed by atoms with Crippen LogP contribution in [0.25, 0.3) is 10.9 Å². The topological polar surface area (TPSA) is 48.8 Å². The van der Waals surface area contributed by atoms with Crippen molar-refractivity contribution >= 4 is 10.9 Å². The van der Waals surface area contributed by atoms with Crippen LogP contribution in [0.2, 0.25) is 0 Å². The number of nitrogens with zero attached hydrogens (tertiary/aromatic N) is 1. The van der Waals surface area contributed by atoms with Crippen LogP contribution < -0.4 is 4.74 Å². The number of nitriles is 1. The first kappa shape index (κ1) is 17.7. The Morgan fingerprint density at radius 1 is 0.885 bits per heavy atom. The Bertz CT molecular complexity index is 993. The molecule has 3 aromatic rings. The Balaban J connectivity index is 2.03. The number of nitrogens with one attached hydrogen (secondary N) is 1. The number of benzene rings is 2. The number of halogens is 6. The third-order valence-electron chi connectivity index (χ3n) is 3.59. The molecule has 0 aliphatic rings. The molecule has 9 heteroatoms. The summed E-state index contributed by atoms with van der Waals surface area (Å²) in [6.45, 7) is 0. The van der Waals surface area contributed by atoms with Crippen molar-refractivity contribution in [1.29, 1.82) is 5.26 Å². The molecule has 3 nitrogen and oxygen atoms in total. The Kier molecular flexibility index (Phi) is 4.06. The summed E-state index contributed by atoms with van der Waals surface area (Å²) in [5.74, 6) is -0.00993. The van der Waals surface area contributed by atoms with Gasteiger partial charge in [0, 0.05) is 5.39 Å². The predicted molar refractivity (Wildman–Crippen MR) is 79.5 cm³/mol. The Labute approximate surface area is 142 Å². The first-order valence-corrected chi connectivity index (χ1v) is 7.08. The van der Waals surface area contributed by atoms with E-state index in [4.69, 9.17) is 10.00 Å². The van der Waals surface area contributed by atoms with Crippen LogP contribution in [-0.4, -0.2) is 4.98 Å². The van der Waals surface area contributed by atoms with Crippen LogP contribution in [-0.2, 0) is 12.4 Å². The molecule has 0 amide bonds. The summed E-state index contributed by atoms with van der Waals surface area (Å²) in [7, 11) is 0. The van der Waals surface area contributed by atoms with Crippen LogP contribution in [0.5, 0.6) is 11.5 Å². The van der Waals surface area contributed by atoms with Gasteiger partial charge in [0.25, 0.3) is 0 Å². The van der Waals surface area contributed by atoms with Gasteiger partial charge in [0.15, 0.2) is 0 Å². The highest BCUT2D eigenvalue weighted by atomic mass is 19.4. The lowest BCUT2D eigenvalue weighted by Gasteiger charge is -2.10. The average Bonchev–Trinajstić information content (AvgIpc) is 3.01. The molecular weight excluding hydrogens is 362 g/mol. The van der Waals surface area contributed by atoms with E-state index in [2.05, 4.69) is 4.98 Å². The molecule has 0 spiro atoms. The highest BCUT2D eigenvalue weighted by molar-refractivity contribution is 5.91. The minimum Gasteiger partial charge on any atom is -0.457 e. The van der Waals surface area contributed by atoms with Gasteiger partial charge in [-0.05, 0) is 42.5 Å². The maximum Gasteiger partial charge on any atom is 0.431 e. The van der Waals surface area contributed by atoms with E-state index in [-0.39, 0.29) is 28.0 Å². The molecule has 1 aromatic heterocycles. The van der Waals surface area contributed by atoms with Crippen LogP contribution >= 0.6 is 0 Å². The van der Waals surface area contributed by atoms with Gasteiger partial charge in [0.2, 0.25) is 0 Å². The van der Waals surface area contributed by atoms with Gasteiger partial charge in [-0.2, -0.15) is 31.6 Å². The number of aromatic nitrogens is 1. The first-order valence-electron chi connectivity index (χ1n) is 7.08. The standard InChI is InChI=1S/C17H8F6N2O/c18-16(19,20)10-2-4-11(5-3-10)26-13-6-1-9(8-24)15-12(13)7-14(25-15)17(21,22)23/h1-7,25H. The lowest BCUT2D eigenvalue weighted by atomic mass is 10.1. The number of ether oxygens (including phenoxy) is 1. The van der Waals surface area contributed by atoms with Gasteiger partial charge in [0.1, 0.15) is 23.3 Å². The summed E-state index contributed by atoms with van der Waals surface area (Å²) >= 11 is 0. The van der Waals surface area contributed by atoms with Gasteiger partial charge in [0.05, 0.1) is 16.6 Å². The Morgan fingerprint density at radius 2 is 1.54 bits per heavy atom. The van der Waals surface area contributed by atoms with Gasteiger partial charge in [-0.25, -0.2) is 0 Å². The number of alkyl halides is 6. The number of H-pyrrole nitrogens is 1. The third kappa shape index (κ3) is 3.31. The molecule has 0 fully saturated rings. The number of hydrogen-bond acceptors (Lipinski definition) is 2. The molecule has 26 heavy (non-hydrogen) atoms. The summed E-state index contributed by atoms with van der Waals surface area (Å²) in [6, 6.07) is 8.82. The zero-order valence-corrected chi connectivity index (χ0v) is 12.7. The lowest BCUT2D eigenvalue weighted by molar-refractivity contribution is -0.140. The van der Waals surface area contributed by atoms with Crippen LogP contribution in [0.3, 0.4) is 0 Å². The third-order valence-corrected chi connectivity index (χ3v) is 3.59. The molecule has 1 heterocycles. The maximum atomic E-state index is 12.9. The molecule has 2 aromatic carbocycles. The molecule has 0 bridgehead atoms. The maximum absolute atomic E-state index is 12.9. The van der Waals surface area contributed by atoms with E-state index in [1.165, 1.54) is 12.1 Å². The molecule has 3 rings (SSSR count). The van der Waals surface area contributed by atoms with E-state index in [0.717, 1.165) is 30.3 Å². The molecule has 0 unspecified atom stereocenters. The van der Waals surface area contributed by atoms with E-state index >= 15 is 0 Å². The van der Waals surface area contributed by atoms with Gasteiger partial charge in [-0.15, -0.1) is 0 Å². The summed E-state index contributed by atoms with van der Waals surface area (Å²) in [4.78, 5) is 2.13. The van der Waals surface area contributed by atoms with Gasteiger partial charge in [-0.1, -0.05) is 0 Å². The highest BCUT2D eigenvalue weighted by Crippen LogP contribution is 2.38. The van der Waals surface area contributed by atoms with E-state index in [1.807, 2.05) is 0 Å². The van der Waals surface area contributed by atoms with Crippen molar-refractivity contribution in [3.05, 3.63) is 59.3 Å². The monoisotopic (exact) mass is 370 g/mol. The predicted octanol–water partition coefficient (Wildman–Crippen LogP) is 5.87. The van der Waals surface area contributed by atoms with E-state index < -0.39 is 23.6 Å². The lowest BCUT2D eigenvalue weighted by Crippen LogP contribution is -2.04. The molecule has 0 atom stereocenters. The van der Waals surface area contributed by atoms with Crippen molar-refractivity contribution in [1.82, 2.24) is 4.98 Å². The second kappa shape index (κ2) is 5.98. The van der Waals surface area contributed by atoms with Crippen molar-refractivity contribution in [3.8, 4) is 17.6 Å². The zero-order valence-electron chi connectivity index (χ0n) is 12.7. The Hall–Kier alpha value is -3.15. The SMILES string of the molecule is N#Cc1ccc(Oc2ccc(C(F)(F)F)cc2)c2cc(C(F)(F)F)[nH]c12. The molecule has 0 radical (unpaired) electrons. The van der Waals surface area contributed by atoms with Gasteiger partial charge in [-0.3, -0.25) is 0 Å². The van der Waals surface area contributed by atoms with Crippen molar-refractivity contribution in [3.63, 3.8) is 0 Å². The van der Waals surface area contributed by atoms with Crippen LogP contribution in [0.15, 0.2) is 42.5 Å². The number of rotatable bonds is 2. The zero-order chi connectivity index (χ0) is 19.1. The van der Waals surface area contributed by atoms with Crippen molar-refractivity contribution in [2.75, 3.05) is 0 Å². The van der Waals surface area contributed by atoms with Gasteiger partial charge >= 0.3 is 12.4 Å². The number of hydrogen-bond donors (Lipinski definition) is 1. The summed E-state index contributed by atoms with van der Waals surface area (Å²) in [6.07, 6.45) is -9.17. The average molecular weight is 370 g/mol. The highest BCUT2D eigenvalue weighted by Gasteiger charge is 2.33. The molecule has 0 aliphatic carbocycles. The fourth-order valence-corrected chi connectivity index (χ4v) is 2.37. The van der Waals surface area contributed by atoms with E-state index in [9.17, 15) is 26.3 Å². The summed E-state index contributed by atoms with van der Waals surface area (Å²) < 4.78 is 81.9. The minimum absolute atomic E-state index is 0.00345. The quantitative estimate of drug-likeness (QED) is 0.574. The normalized spacial score (nSPS) is 12.2. The molecule has 1 N–H and O–H groups in total. The molecular formula is C17H8F6N2O. The van der Waals surface area contributed by atoms with E-state index in [1.54, 1.807) is 6.07 Å². The van der Waals surface area contributed by atoms with E-state index in [0.29, 0.717) is 0 Å². The largest absolute Gasteiger partial charge is 0.457 e. The van der Waals surface area contributed by atoms with Crippen molar-refractivity contribution < 1.29 is 31.1 Å². The molecule has 0 saturated carbocycles. The molecule has 134 valence electrons. The van der Waals surface area contributed by atoms with Gasteiger partial charge < -0.3 is 9.72 Å². The van der Waals surface area contributed by atoms with Crippen molar-refractivity contribution in [2.45, 2.75) is 12.4 Å². The second-order valence-electron chi connectivity index (χ2n) is 5.32. The molecule has 0 aliphatic heterocycles. The van der Waals surface area contributed by atoms with Crippen LogP contribution in [0.4, 0.5) is 26.3 Å².